The van der Waals surface area contributed by atoms with Crippen molar-refractivity contribution in [1.82, 2.24) is 0 Å². The van der Waals surface area contributed by atoms with Gasteiger partial charge in [-0.15, -0.1) is 0 Å². The Hall–Kier alpha value is -2.53. The minimum atomic E-state index is -0.301. The maximum Gasteiger partial charge on any atom is 0.265 e. The molecule has 0 spiro atoms. The van der Waals surface area contributed by atoms with Gasteiger partial charge in [0.05, 0.1) is 0 Å². The summed E-state index contributed by atoms with van der Waals surface area (Å²) in [5.41, 5.74) is 9.32. The first kappa shape index (κ1) is 16.8. The Morgan fingerprint density at radius 1 is 1.22 bits per heavy atom. The smallest absolute Gasteiger partial charge is 0.265 e. The molecule has 0 aliphatic carbocycles. The van der Waals surface area contributed by atoms with Crippen LogP contribution < -0.4 is 11.1 Å². The maximum absolute atomic E-state index is 11.8. The molecule has 0 saturated heterocycles. The molecule has 23 heavy (non-hydrogen) atoms. The number of amides is 1. The molecule has 0 aromatic heterocycles. The van der Waals surface area contributed by atoms with E-state index in [1.807, 2.05) is 32.0 Å². The predicted octanol–water partition coefficient (Wildman–Crippen LogP) is 3.23. The quantitative estimate of drug-likeness (QED) is 0.501. The summed E-state index contributed by atoms with van der Waals surface area (Å²) in [6.07, 6.45) is 0. The van der Waals surface area contributed by atoms with Crippen LogP contribution in [0.25, 0.3) is 0 Å². The van der Waals surface area contributed by atoms with E-state index in [1.54, 1.807) is 24.3 Å². The minimum absolute atomic E-state index is 0.181. The van der Waals surface area contributed by atoms with E-state index in [4.69, 9.17) is 22.2 Å². The molecule has 2 aromatic rings. The molecule has 0 bridgehead atoms. The summed E-state index contributed by atoms with van der Waals surface area (Å²) in [5, 5.41) is 7.11. The van der Waals surface area contributed by atoms with Gasteiger partial charge in [0.15, 0.2) is 12.4 Å². The van der Waals surface area contributed by atoms with Crippen molar-refractivity contribution < 1.29 is 9.63 Å². The number of aryl methyl sites for hydroxylation is 2. The Morgan fingerprint density at radius 3 is 2.57 bits per heavy atom. The molecular formula is C17H18ClN3O2. The number of rotatable bonds is 5. The summed E-state index contributed by atoms with van der Waals surface area (Å²) < 4.78 is 0. The molecule has 2 aromatic carbocycles. The molecule has 0 unspecified atom stereocenters. The fourth-order valence-electron chi connectivity index (χ4n) is 1.97. The molecule has 2 rings (SSSR count). The second-order valence-corrected chi connectivity index (χ2v) is 5.56. The first-order valence-corrected chi connectivity index (χ1v) is 7.42. The summed E-state index contributed by atoms with van der Waals surface area (Å²) in [5.74, 6) is -0.120. The van der Waals surface area contributed by atoms with Crippen molar-refractivity contribution in [3.63, 3.8) is 0 Å². The van der Waals surface area contributed by atoms with E-state index < -0.39 is 0 Å². The second kappa shape index (κ2) is 7.65. The Labute approximate surface area is 140 Å². The van der Waals surface area contributed by atoms with Crippen molar-refractivity contribution in [3.05, 3.63) is 64.2 Å². The zero-order chi connectivity index (χ0) is 16.8. The first-order valence-electron chi connectivity index (χ1n) is 7.04. The Morgan fingerprint density at radius 2 is 1.91 bits per heavy atom. The van der Waals surface area contributed by atoms with Crippen LogP contribution in [0.2, 0.25) is 5.02 Å². The van der Waals surface area contributed by atoms with Gasteiger partial charge in [-0.1, -0.05) is 34.5 Å². The number of halogens is 1. The average Bonchev–Trinajstić information content (AvgIpc) is 2.50. The first-order chi connectivity index (χ1) is 11.0. The van der Waals surface area contributed by atoms with E-state index in [-0.39, 0.29) is 18.3 Å². The Kier molecular flexibility index (Phi) is 5.60. The van der Waals surface area contributed by atoms with Gasteiger partial charge in [0.2, 0.25) is 0 Å². The third-order valence-corrected chi connectivity index (χ3v) is 3.41. The van der Waals surface area contributed by atoms with Gasteiger partial charge in [-0.05, 0) is 49.7 Å². The number of nitrogens with one attached hydrogen (secondary N) is 1. The number of nitrogens with zero attached hydrogens (tertiary/aromatic N) is 1. The highest BCUT2D eigenvalue weighted by atomic mass is 35.5. The molecule has 5 nitrogen and oxygen atoms in total. The van der Waals surface area contributed by atoms with Gasteiger partial charge in [-0.25, -0.2) is 0 Å². The predicted molar refractivity (Wildman–Crippen MR) is 92.7 cm³/mol. The lowest BCUT2D eigenvalue weighted by Gasteiger charge is -2.08. The average molecular weight is 332 g/mol. The number of hydrogen-bond donors (Lipinski definition) is 2. The van der Waals surface area contributed by atoms with Crippen LogP contribution in [0, 0.1) is 13.8 Å². The third-order valence-electron chi connectivity index (χ3n) is 3.15. The van der Waals surface area contributed by atoms with Crippen LogP contribution >= 0.6 is 11.6 Å². The van der Waals surface area contributed by atoms with E-state index in [0.717, 1.165) is 16.8 Å². The van der Waals surface area contributed by atoms with Crippen LogP contribution in [-0.2, 0) is 9.63 Å². The molecule has 6 heteroatoms. The van der Waals surface area contributed by atoms with Crippen molar-refractivity contribution in [2.45, 2.75) is 13.8 Å². The largest absolute Gasteiger partial charge is 0.384 e. The lowest BCUT2D eigenvalue weighted by Crippen LogP contribution is -2.19. The second-order valence-electron chi connectivity index (χ2n) is 5.12. The molecule has 0 fully saturated rings. The van der Waals surface area contributed by atoms with Gasteiger partial charge in [-0.2, -0.15) is 0 Å². The van der Waals surface area contributed by atoms with Gasteiger partial charge in [0.25, 0.3) is 5.91 Å². The molecule has 0 aliphatic heterocycles. The number of benzene rings is 2. The van der Waals surface area contributed by atoms with Crippen LogP contribution in [0.4, 0.5) is 5.69 Å². The van der Waals surface area contributed by atoms with Crippen LogP contribution in [-0.4, -0.2) is 18.3 Å². The van der Waals surface area contributed by atoms with E-state index >= 15 is 0 Å². The molecular weight excluding hydrogens is 314 g/mol. The van der Waals surface area contributed by atoms with Crippen molar-refractivity contribution in [2.75, 3.05) is 11.9 Å². The molecule has 120 valence electrons. The van der Waals surface area contributed by atoms with E-state index in [9.17, 15) is 4.79 Å². The number of hydrogen-bond acceptors (Lipinski definition) is 3. The van der Waals surface area contributed by atoms with E-state index in [1.165, 1.54) is 0 Å². The van der Waals surface area contributed by atoms with Crippen molar-refractivity contribution >= 4 is 29.0 Å². The number of anilines is 1. The number of carbonyl (C=O) groups excluding carboxylic acids is 1. The van der Waals surface area contributed by atoms with Gasteiger partial charge < -0.3 is 15.9 Å². The van der Waals surface area contributed by atoms with Crippen LogP contribution in [0.1, 0.15) is 16.7 Å². The summed E-state index contributed by atoms with van der Waals surface area (Å²) in [6.45, 7) is 3.71. The summed E-state index contributed by atoms with van der Waals surface area (Å²) in [6, 6.07) is 12.6. The van der Waals surface area contributed by atoms with Crippen LogP contribution in [0.3, 0.4) is 0 Å². The molecule has 0 aliphatic rings. The number of carbonyl (C=O) groups is 1. The number of nitrogens with two attached hydrogens (primary N) is 1. The van der Waals surface area contributed by atoms with Gasteiger partial charge >= 0.3 is 0 Å². The molecule has 1 amide bonds. The number of amidine groups is 1. The normalized spacial score (nSPS) is 11.2. The van der Waals surface area contributed by atoms with Gasteiger partial charge in [0.1, 0.15) is 0 Å². The molecule has 0 radical (unpaired) electrons. The number of oxime groups is 1. The molecule has 0 heterocycles. The topological polar surface area (TPSA) is 76.7 Å². The summed E-state index contributed by atoms with van der Waals surface area (Å²) in [4.78, 5) is 16.8. The van der Waals surface area contributed by atoms with Crippen molar-refractivity contribution in [1.29, 1.82) is 0 Å². The summed E-state index contributed by atoms with van der Waals surface area (Å²) >= 11 is 5.80. The fraction of sp³-hybridized carbons (Fsp3) is 0.176. The van der Waals surface area contributed by atoms with Crippen LogP contribution in [0.15, 0.2) is 47.6 Å². The lowest BCUT2D eigenvalue weighted by atomic mass is 10.1. The Bertz CT molecular complexity index is 727. The zero-order valence-electron chi connectivity index (χ0n) is 13.0. The standard InChI is InChI=1S/C17H18ClN3O2/c1-11-3-8-15(12(2)9-11)20-16(22)10-23-21-17(19)13-4-6-14(18)7-5-13/h3-9H,10H2,1-2H3,(H2,19,21)(H,20,22). The zero-order valence-corrected chi connectivity index (χ0v) is 13.7. The third kappa shape index (κ3) is 5.00. The van der Waals surface area contributed by atoms with E-state index in [2.05, 4.69) is 10.5 Å². The maximum atomic E-state index is 11.8. The van der Waals surface area contributed by atoms with Gasteiger partial charge in [0, 0.05) is 16.3 Å². The highest BCUT2D eigenvalue weighted by Gasteiger charge is 2.06. The van der Waals surface area contributed by atoms with Crippen molar-refractivity contribution in [3.8, 4) is 0 Å². The highest BCUT2D eigenvalue weighted by molar-refractivity contribution is 6.30. The van der Waals surface area contributed by atoms with Gasteiger partial charge in [-0.3, -0.25) is 4.79 Å². The SMILES string of the molecule is Cc1ccc(NC(=O)CO/N=C(\N)c2ccc(Cl)cc2)c(C)c1. The molecule has 0 atom stereocenters. The summed E-state index contributed by atoms with van der Waals surface area (Å²) in [7, 11) is 0. The minimum Gasteiger partial charge on any atom is -0.384 e. The molecule has 0 saturated carbocycles. The van der Waals surface area contributed by atoms with Crippen molar-refractivity contribution in [2.24, 2.45) is 10.9 Å². The lowest BCUT2D eigenvalue weighted by molar-refractivity contribution is -0.120. The monoisotopic (exact) mass is 331 g/mol. The fourth-order valence-corrected chi connectivity index (χ4v) is 2.10. The van der Waals surface area contributed by atoms with Crippen LogP contribution in [0.5, 0.6) is 0 Å². The highest BCUT2D eigenvalue weighted by Crippen LogP contribution is 2.15. The Balaban J connectivity index is 1.89. The molecule has 3 N–H and O–H groups in total. The van der Waals surface area contributed by atoms with E-state index in [0.29, 0.717) is 10.6 Å².